The molecule has 6 N–H and O–H groups in total. The van der Waals surface area contributed by atoms with Crippen molar-refractivity contribution in [1.29, 1.82) is 0 Å². The van der Waals surface area contributed by atoms with E-state index in [0.717, 1.165) is 11.1 Å². The van der Waals surface area contributed by atoms with E-state index in [1.807, 2.05) is 60.7 Å². The molecule has 35 heavy (non-hydrogen) atoms. The first-order chi connectivity index (χ1) is 17.0. The van der Waals surface area contributed by atoms with E-state index in [1.54, 1.807) is 24.3 Å². The molecule has 4 aromatic rings. The second-order valence-corrected chi connectivity index (χ2v) is 8.40. The monoisotopic (exact) mass is 472 g/mol. The Morgan fingerprint density at radius 3 is 0.971 bits per heavy atom. The Kier molecular flexibility index (Phi) is 7.19. The number of hydrogen-bond donors (Lipinski definition) is 6. The predicted octanol–water partition coefficient (Wildman–Crippen LogP) is 3.45. The third-order valence-corrected chi connectivity index (χ3v) is 6.50. The lowest BCUT2D eigenvalue weighted by Gasteiger charge is -2.38. The number of benzene rings is 4. The van der Waals surface area contributed by atoms with Crippen LogP contribution in [0.2, 0.25) is 0 Å². The quantitative estimate of drug-likeness (QED) is 0.219. The molecule has 6 heteroatoms. The molecule has 0 spiro atoms. The molecule has 180 valence electrons. The molecule has 0 saturated carbocycles. The maximum absolute atomic E-state index is 10.6. The van der Waals surface area contributed by atoms with E-state index in [2.05, 4.69) is 0 Å². The van der Waals surface area contributed by atoms with Crippen LogP contribution in [0.4, 0.5) is 0 Å². The average molecular weight is 473 g/mol. The molecule has 0 bridgehead atoms. The first kappa shape index (κ1) is 24.4. The van der Waals surface area contributed by atoms with E-state index in [9.17, 15) is 30.6 Å². The largest absolute Gasteiger partial charge is 0.507 e. The lowest BCUT2D eigenvalue weighted by molar-refractivity contribution is 0.263. The van der Waals surface area contributed by atoms with Gasteiger partial charge in [-0.3, -0.25) is 0 Å². The van der Waals surface area contributed by atoms with Gasteiger partial charge in [-0.1, -0.05) is 60.7 Å². The summed E-state index contributed by atoms with van der Waals surface area (Å²) in [5.41, 5.74) is 2.95. The van der Waals surface area contributed by atoms with Crippen LogP contribution in [0.25, 0.3) is 0 Å². The van der Waals surface area contributed by atoms with Crippen molar-refractivity contribution in [3.63, 3.8) is 0 Å². The maximum atomic E-state index is 10.6. The summed E-state index contributed by atoms with van der Waals surface area (Å²) in [4.78, 5) is 0. The van der Waals surface area contributed by atoms with Gasteiger partial charge in [0.05, 0.1) is 31.8 Å². The highest BCUT2D eigenvalue weighted by molar-refractivity contribution is 5.64. The van der Waals surface area contributed by atoms with E-state index in [0.29, 0.717) is 11.1 Å². The fraction of sp³-hybridized carbons (Fsp3) is 0.172. The number of aromatic hydroxyl groups is 2. The molecule has 0 aliphatic heterocycles. The molecule has 0 saturated heterocycles. The van der Waals surface area contributed by atoms with E-state index >= 15 is 0 Å². The van der Waals surface area contributed by atoms with Crippen LogP contribution in [0.5, 0.6) is 11.5 Å². The van der Waals surface area contributed by atoms with Crippen molar-refractivity contribution in [2.75, 3.05) is 0 Å². The minimum absolute atomic E-state index is 0.174. The van der Waals surface area contributed by atoms with Gasteiger partial charge in [0, 0.05) is 22.3 Å². The Hall–Kier alpha value is -3.68. The van der Waals surface area contributed by atoms with Crippen LogP contribution in [0.15, 0.2) is 84.9 Å². The molecule has 6 nitrogen and oxygen atoms in total. The fourth-order valence-corrected chi connectivity index (χ4v) is 4.81. The number of phenols is 2. The molecule has 4 rings (SSSR count). The molecular weight excluding hydrogens is 444 g/mol. The minimum atomic E-state index is -1.05. The molecule has 0 aliphatic rings. The van der Waals surface area contributed by atoms with Crippen LogP contribution >= 0.6 is 0 Å². The van der Waals surface area contributed by atoms with E-state index in [1.165, 1.54) is 0 Å². The molecule has 0 amide bonds. The van der Waals surface area contributed by atoms with Gasteiger partial charge >= 0.3 is 0 Å². The van der Waals surface area contributed by atoms with Gasteiger partial charge in [-0.05, 0) is 46.5 Å². The summed E-state index contributed by atoms with van der Waals surface area (Å²) in [5.74, 6) is -0.349. The van der Waals surface area contributed by atoms with Gasteiger partial charge in [0.25, 0.3) is 0 Å². The molecule has 4 aromatic carbocycles. The zero-order valence-corrected chi connectivity index (χ0v) is 19.1. The molecule has 0 aromatic heterocycles. The van der Waals surface area contributed by atoms with Crippen molar-refractivity contribution in [1.82, 2.24) is 0 Å². The minimum Gasteiger partial charge on any atom is -0.507 e. The number of hydrogen-bond acceptors (Lipinski definition) is 6. The van der Waals surface area contributed by atoms with E-state index in [4.69, 9.17) is 0 Å². The van der Waals surface area contributed by atoms with Crippen molar-refractivity contribution in [2.24, 2.45) is 0 Å². The number of rotatable bonds is 8. The van der Waals surface area contributed by atoms with Crippen molar-refractivity contribution in [2.45, 2.75) is 31.8 Å². The lowest BCUT2D eigenvalue weighted by Crippen LogP contribution is -2.32. The summed E-state index contributed by atoms with van der Waals surface area (Å²) in [6, 6.07) is 25.9. The predicted molar refractivity (Wildman–Crippen MR) is 132 cm³/mol. The van der Waals surface area contributed by atoms with Gasteiger partial charge in [0.2, 0.25) is 0 Å². The summed E-state index contributed by atoms with van der Waals surface area (Å²) in [6.07, 6.45) is 0. The molecule has 0 atom stereocenters. The lowest BCUT2D eigenvalue weighted by atomic mass is 9.64. The second-order valence-electron chi connectivity index (χ2n) is 8.40. The number of aliphatic hydroxyl groups excluding tert-OH is 4. The van der Waals surface area contributed by atoms with Gasteiger partial charge in [0.15, 0.2) is 0 Å². The first-order valence-electron chi connectivity index (χ1n) is 11.3. The average Bonchev–Trinajstić information content (AvgIpc) is 2.91. The SMILES string of the molecule is OCc1cc(C(c2ccccc2)(c2ccccc2)c2cc(CO)c(O)c(CO)c2)cc(CO)c1O. The van der Waals surface area contributed by atoms with Gasteiger partial charge in [-0.2, -0.15) is 0 Å². The molecule has 0 unspecified atom stereocenters. The van der Waals surface area contributed by atoms with Gasteiger partial charge < -0.3 is 30.6 Å². The van der Waals surface area contributed by atoms with E-state index < -0.39 is 31.8 Å². The third-order valence-electron chi connectivity index (χ3n) is 6.50. The summed E-state index contributed by atoms with van der Waals surface area (Å²) < 4.78 is 0. The van der Waals surface area contributed by atoms with Gasteiger partial charge in [-0.25, -0.2) is 0 Å². The molecule has 0 radical (unpaired) electrons. The zero-order chi connectivity index (χ0) is 25.0. The summed E-state index contributed by atoms with van der Waals surface area (Å²) >= 11 is 0. The second kappa shape index (κ2) is 10.3. The van der Waals surface area contributed by atoms with E-state index in [-0.39, 0.29) is 33.8 Å². The summed E-state index contributed by atoms with van der Waals surface area (Å²) in [5, 5.41) is 61.1. The fourth-order valence-electron chi connectivity index (χ4n) is 4.81. The van der Waals surface area contributed by atoms with Crippen molar-refractivity contribution in [3.8, 4) is 11.5 Å². The smallest absolute Gasteiger partial charge is 0.126 e. The highest BCUT2D eigenvalue weighted by Gasteiger charge is 2.40. The standard InChI is InChI=1S/C29H28O6/c30-15-19-11-25(12-20(16-31)27(19)34)29(23-7-3-1-4-8-23,24-9-5-2-6-10-24)26-13-21(17-32)28(35)22(14-26)18-33/h1-14,30-35H,15-18H2. The Morgan fingerprint density at radius 2 is 0.714 bits per heavy atom. The van der Waals surface area contributed by atoms with Crippen molar-refractivity contribution >= 4 is 0 Å². The highest BCUT2D eigenvalue weighted by atomic mass is 16.3. The Bertz CT molecular complexity index is 1150. The topological polar surface area (TPSA) is 121 Å². The van der Waals surface area contributed by atoms with Gasteiger partial charge in [0.1, 0.15) is 11.5 Å². The van der Waals surface area contributed by atoms with Crippen LogP contribution in [0.1, 0.15) is 44.5 Å². The molecule has 0 fully saturated rings. The highest BCUT2D eigenvalue weighted by Crippen LogP contribution is 2.48. The molecular formula is C29H28O6. The molecule has 0 aliphatic carbocycles. The Labute approximate surface area is 203 Å². The van der Waals surface area contributed by atoms with Crippen molar-refractivity contribution in [3.05, 3.63) is 129 Å². The Balaban J connectivity index is 2.23. The molecule has 0 heterocycles. The van der Waals surface area contributed by atoms with Crippen molar-refractivity contribution < 1.29 is 30.6 Å². The van der Waals surface area contributed by atoms with Crippen LogP contribution in [-0.2, 0) is 31.8 Å². The third kappa shape index (κ3) is 4.17. The summed E-state index contributed by atoms with van der Waals surface area (Å²) in [7, 11) is 0. The summed E-state index contributed by atoms with van der Waals surface area (Å²) in [6.45, 7) is -1.76. The van der Waals surface area contributed by atoms with Crippen LogP contribution in [-0.4, -0.2) is 30.6 Å². The van der Waals surface area contributed by atoms with Crippen LogP contribution in [0, 0.1) is 0 Å². The van der Waals surface area contributed by atoms with Crippen LogP contribution in [0.3, 0.4) is 0 Å². The number of aliphatic hydroxyl groups is 4. The van der Waals surface area contributed by atoms with Gasteiger partial charge in [-0.15, -0.1) is 0 Å². The maximum Gasteiger partial charge on any atom is 0.126 e. The normalized spacial score (nSPS) is 11.5. The Morgan fingerprint density at radius 1 is 0.429 bits per heavy atom. The zero-order valence-electron chi connectivity index (χ0n) is 19.1. The first-order valence-corrected chi connectivity index (χ1v) is 11.3. The van der Waals surface area contributed by atoms with Crippen LogP contribution < -0.4 is 0 Å².